The molecule has 1 saturated heterocycles. The average molecular weight is 432 g/mol. The first-order valence-corrected chi connectivity index (χ1v) is 10.3. The van der Waals surface area contributed by atoms with Crippen LogP contribution in [0.3, 0.4) is 0 Å². The molecule has 1 amide bonds. The highest BCUT2D eigenvalue weighted by Gasteiger charge is 2.14. The number of azide groups is 1. The van der Waals surface area contributed by atoms with Crippen LogP contribution in [0.5, 0.6) is 0 Å². The predicted molar refractivity (Wildman–Crippen MR) is 121 cm³/mol. The van der Waals surface area contributed by atoms with Gasteiger partial charge in [-0.15, -0.1) is 0 Å². The van der Waals surface area contributed by atoms with Crippen LogP contribution < -0.4 is 5.48 Å². The summed E-state index contributed by atoms with van der Waals surface area (Å²) in [5.74, 6) is -0.484. The highest BCUT2D eigenvalue weighted by atomic mass is 16.8. The lowest BCUT2D eigenvalue weighted by Crippen LogP contribution is -2.32. The number of ketones is 1. The number of nitrogens with zero attached hydrogens (tertiary/aromatic N) is 3. The van der Waals surface area contributed by atoms with Gasteiger partial charge >= 0.3 is 0 Å². The largest absolute Gasteiger partial charge is 0.350 e. The first-order chi connectivity index (χ1) is 15.6. The molecule has 2 aromatic rings. The van der Waals surface area contributed by atoms with Gasteiger partial charge in [0.15, 0.2) is 12.1 Å². The normalized spacial score (nSPS) is 16.1. The van der Waals surface area contributed by atoms with Gasteiger partial charge in [0.25, 0.3) is 5.91 Å². The summed E-state index contributed by atoms with van der Waals surface area (Å²) < 4.78 is 5.38. The Bertz CT molecular complexity index is 1020. The molecule has 1 fully saturated rings. The number of nitrogens with one attached hydrogen (secondary N) is 1. The zero-order valence-corrected chi connectivity index (χ0v) is 17.5. The zero-order valence-electron chi connectivity index (χ0n) is 17.5. The molecule has 0 radical (unpaired) electrons. The quantitative estimate of drug-likeness (QED) is 0.150. The van der Waals surface area contributed by atoms with Crippen molar-refractivity contribution in [3.8, 4) is 0 Å². The number of allylic oxidation sites excluding steroid dienone is 1. The van der Waals surface area contributed by atoms with E-state index in [9.17, 15) is 9.59 Å². The van der Waals surface area contributed by atoms with Crippen molar-refractivity contribution in [1.29, 1.82) is 0 Å². The van der Waals surface area contributed by atoms with E-state index < -0.39 is 0 Å². The average Bonchev–Trinajstić information content (AvgIpc) is 2.85. The van der Waals surface area contributed by atoms with Gasteiger partial charge in [0.05, 0.1) is 6.54 Å². The second-order valence-electron chi connectivity index (χ2n) is 7.16. The Morgan fingerprint density at radius 3 is 2.38 bits per heavy atom. The number of carbonyl (C=O) groups is 2. The lowest BCUT2D eigenvalue weighted by molar-refractivity contribution is -0.198. The van der Waals surface area contributed by atoms with Gasteiger partial charge in [0, 0.05) is 29.6 Å². The first kappa shape index (κ1) is 23.0. The van der Waals surface area contributed by atoms with Crippen molar-refractivity contribution in [1.82, 2.24) is 5.48 Å². The third-order valence-corrected chi connectivity index (χ3v) is 4.77. The lowest BCUT2D eigenvalue weighted by atomic mass is 10.1. The fraction of sp³-hybridized carbons (Fsp3) is 0.250. The Balaban J connectivity index is 1.48. The summed E-state index contributed by atoms with van der Waals surface area (Å²) in [5, 5.41) is 3.49. The number of amides is 1. The van der Waals surface area contributed by atoms with Crippen molar-refractivity contribution in [3.05, 3.63) is 93.4 Å². The monoisotopic (exact) mass is 432 g/mol. The summed E-state index contributed by atoms with van der Waals surface area (Å²) in [5.41, 5.74) is 13.8. The van der Waals surface area contributed by atoms with Gasteiger partial charge in [-0.2, -0.15) is 0 Å². The van der Waals surface area contributed by atoms with Crippen molar-refractivity contribution < 1.29 is 19.2 Å². The molecule has 0 bridgehead atoms. The molecule has 3 rings (SSSR count). The standard InChI is InChI=1S/C24H24N4O4/c25-28-26-17-20-8-12-21(13-9-20)22(29)14-10-18-4-6-19(7-5-18)11-15-23(30)27-32-24-3-1-2-16-31-24/h4-15,24H,1-3,16-17H2,(H,27,30)/b14-10+,15-11+. The van der Waals surface area contributed by atoms with E-state index in [-0.39, 0.29) is 24.5 Å². The van der Waals surface area contributed by atoms with Crippen LogP contribution in [0.15, 0.2) is 65.8 Å². The van der Waals surface area contributed by atoms with Gasteiger partial charge in [-0.1, -0.05) is 59.7 Å². The third-order valence-electron chi connectivity index (χ3n) is 4.77. The number of rotatable bonds is 9. The van der Waals surface area contributed by atoms with Gasteiger partial charge in [-0.05, 0) is 47.2 Å². The number of hydroxylamine groups is 1. The van der Waals surface area contributed by atoms with Gasteiger partial charge < -0.3 is 4.74 Å². The van der Waals surface area contributed by atoms with E-state index in [1.165, 1.54) is 12.2 Å². The SMILES string of the molecule is [N-]=[N+]=NCc1ccc(C(=O)/C=C/c2ccc(/C=C/C(=O)NOC3CCCCO3)cc2)cc1. The molecule has 32 heavy (non-hydrogen) atoms. The molecule has 164 valence electrons. The van der Waals surface area contributed by atoms with Gasteiger partial charge in [-0.3, -0.25) is 9.59 Å². The van der Waals surface area contributed by atoms with E-state index in [1.54, 1.807) is 36.4 Å². The number of benzene rings is 2. The maximum absolute atomic E-state index is 12.3. The van der Waals surface area contributed by atoms with Gasteiger partial charge in [0.1, 0.15) is 0 Å². The molecule has 1 atom stereocenters. The number of hydrogen-bond acceptors (Lipinski definition) is 5. The summed E-state index contributed by atoms with van der Waals surface area (Å²) in [6.07, 6.45) is 8.73. The molecule has 1 aliphatic heterocycles. The molecule has 0 saturated carbocycles. The first-order valence-electron chi connectivity index (χ1n) is 10.3. The molecule has 2 aromatic carbocycles. The van der Waals surface area contributed by atoms with E-state index in [0.717, 1.165) is 36.0 Å². The molecule has 1 N–H and O–H groups in total. The molecule has 0 spiro atoms. The molecule has 1 aliphatic rings. The third kappa shape index (κ3) is 7.52. The molecule has 0 aliphatic carbocycles. The van der Waals surface area contributed by atoms with E-state index in [2.05, 4.69) is 15.5 Å². The minimum atomic E-state index is -0.384. The minimum absolute atomic E-state index is 0.122. The summed E-state index contributed by atoms with van der Waals surface area (Å²) in [6.45, 7) is 0.902. The molecule has 0 aromatic heterocycles. The van der Waals surface area contributed by atoms with E-state index in [1.807, 2.05) is 24.3 Å². The van der Waals surface area contributed by atoms with Crippen LogP contribution in [0, 0.1) is 0 Å². The molecule has 8 nitrogen and oxygen atoms in total. The van der Waals surface area contributed by atoms with E-state index in [0.29, 0.717) is 12.2 Å². The summed E-state index contributed by atoms with van der Waals surface area (Å²) in [7, 11) is 0. The molecule has 1 unspecified atom stereocenters. The van der Waals surface area contributed by atoms with Crippen molar-refractivity contribution >= 4 is 23.8 Å². The number of hydrogen-bond donors (Lipinski definition) is 1. The maximum Gasteiger partial charge on any atom is 0.267 e. The molecule has 8 heteroatoms. The van der Waals surface area contributed by atoms with Crippen LogP contribution in [0.25, 0.3) is 22.6 Å². The van der Waals surface area contributed by atoms with Gasteiger partial charge in [0.2, 0.25) is 0 Å². The molecule has 1 heterocycles. The fourth-order valence-electron chi connectivity index (χ4n) is 3.01. The lowest BCUT2D eigenvalue weighted by Gasteiger charge is -2.21. The minimum Gasteiger partial charge on any atom is -0.350 e. The summed E-state index contributed by atoms with van der Waals surface area (Å²) >= 11 is 0. The summed E-state index contributed by atoms with van der Waals surface area (Å²) in [4.78, 5) is 32.1. The van der Waals surface area contributed by atoms with Crippen LogP contribution in [-0.4, -0.2) is 24.6 Å². The Kier molecular flexibility index (Phi) is 8.77. The van der Waals surface area contributed by atoms with Gasteiger partial charge in [-0.25, -0.2) is 10.3 Å². The smallest absolute Gasteiger partial charge is 0.267 e. The van der Waals surface area contributed by atoms with Crippen molar-refractivity contribution in [2.45, 2.75) is 32.1 Å². The van der Waals surface area contributed by atoms with Crippen molar-refractivity contribution in [2.24, 2.45) is 5.11 Å². The maximum atomic E-state index is 12.3. The topological polar surface area (TPSA) is 113 Å². The predicted octanol–water partition coefficient (Wildman–Crippen LogP) is 4.98. The zero-order chi connectivity index (χ0) is 22.6. The molecular weight excluding hydrogens is 408 g/mol. The van der Waals surface area contributed by atoms with Crippen molar-refractivity contribution in [2.75, 3.05) is 6.61 Å². The van der Waals surface area contributed by atoms with Crippen LogP contribution in [-0.2, 0) is 20.9 Å². The molecular formula is C24H24N4O4. The van der Waals surface area contributed by atoms with Crippen LogP contribution in [0.4, 0.5) is 0 Å². The number of ether oxygens (including phenoxy) is 1. The second-order valence-corrected chi connectivity index (χ2v) is 7.16. The Labute approximate surface area is 186 Å². The summed E-state index contributed by atoms with van der Waals surface area (Å²) in [6, 6.07) is 14.4. The Morgan fingerprint density at radius 1 is 1.06 bits per heavy atom. The van der Waals surface area contributed by atoms with Crippen LogP contribution in [0.2, 0.25) is 0 Å². The highest BCUT2D eigenvalue weighted by molar-refractivity contribution is 6.06. The van der Waals surface area contributed by atoms with Crippen LogP contribution >= 0.6 is 0 Å². The number of carbonyl (C=O) groups excluding carboxylic acids is 2. The van der Waals surface area contributed by atoms with Crippen LogP contribution in [0.1, 0.15) is 46.3 Å². The van der Waals surface area contributed by atoms with E-state index in [4.69, 9.17) is 15.1 Å². The Hall–Kier alpha value is -3.71. The fourth-order valence-corrected chi connectivity index (χ4v) is 3.01. The van der Waals surface area contributed by atoms with Crippen molar-refractivity contribution in [3.63, 3.8) is 0 Å². The van der Waals surface area contributed by atoms with E-state index >= 15 is 0 Å². The highest BCUT2D eigenvalue weighted by Crippen LogP contribution is 2.13. The second kappa shape index (κ2) is 12.2. The Morgan fingerprint density at radius 2 is 1.75 bits per heavy atom.